The average Bonchev–Trinajstić information content (AvgIpc) is 3.00. The van der Waals surface area contributed by atoms with Crippen molar-refractivity contribution in [1.82, 2.24) is 10.3 Å². The molecule has 7 heteroatoms. The lowest BCUT2D eigenvalue weighted by Gasteiger charge is -2.12. The van der Waals surface area contributed by atoms with Crippen molar-refractivity contribution in [3.05, 3.63) is 52.0 Å². The van der Waals surface area contributed by atoms with Crippen molar-refractivity contribution in [1.29, 1.82) is 0 Å². The number of ether oxygens (including phenoxy) is 1. The molecule has 1 amide bonds. The quantitative estimate of drug-likeness (QED) is 0.815. The second-order valence-electron chi connectivity index (χ2n) is 4.59. The molecular formula is C15H16N2O4S. The van der Waals surface area contributed by atoms with Gasteiger partial charge in [-0.05, 0) is 12.5 Å². The molecule has 0 aliphatic carbocycles. The molecule has 0 saturated heterocycles. The van der Waals surface area contributed by atoms with Gasteiger partial charge in [0.05, 0.1) is 13.2 Å². The molecule has 2 aromatic rings. The zero-order valence-corrected chi connectivity index (χ0v) is 12.8. The topological polar surface area (TPSA) is 88.5 Å². The Morgan fingerprint density at radius 2 is 2.09 bits per heavy atom. The van der Waals surface area contributed by atoms with Gasteiger partial charge in [0.1, 0.15) is 11.1 Å². The van der Waals surface area contributed by atoms with Crippen molar-refractivity contribution >= 4 is 23.2 Å². The van der Waals surface area contributed by atoms with Gasteiger partial charge in [-0.15, -0.1) is 11.3 Å². The van der Waals surface area contributed by atoms with Gasteiger partial charge in [-0.2, -0.15) is 0 Å². The Balaban J connectivity index is 1.77. The molecule has 0 fully saturated rings. The van der Waals surface area contributed by atoms with Crippen molar-refractivity contribution in [3.63, 3.8) is 0 Å². The number of carboxylic acids is 1. The lowest BCUT2D eigenvalue weighted by atomic mass is 10.2. The van der Waals surface area contributed by atoms with Crippen LogP contribution in [0, 0.1) is 0 Å². The van der Waals surface area contributed by atoms with Crippen molar-refractivity contribution in [2.45, 2.75) is 26.2 Å². The predicted octanol–water partition coefficient (Wildman–Crippen LogP) is 2.06. The highest BCUT2D eigenvalue weighted by Crippen LogP contribution is 2.09. The number of benzene rings is 1. The third-order valence-electron chi connectivity index (χ3n) is 2.90. The van der Waals surface area contributed by atoms with E-state index in [0.717, 1.165) is 5.56 Å². The molecule has 0 spiro atoms. The van der Waals surface area contributed by atoms with Gasteiger partial charge in [0, 0.05) is 5.38 Å². The van der Waals surface area contributed by atoms with Crippen LogP contribution in [-0.4, -0.2) is 28.1 Å². The van der Waals surface area contributed by atoms with Crippen molar-refractivity contribution in [2.24, 2.45) is 0 Å². The molecule has 2 N–H and O–H groups in total. The largest absolute Gasteiger partial charge is 0.476 e. The predicted molar refractivity (Wildman–Crippen MR) is 81.6 cm³/mol. The van der Waals surface area contributed by atoms with Crippen LogP contribution in [-0.2, 0) is 22.7 Å². The summed E-state index contributed by atoms with van der Waals surface area (Å²) in [5.41, 5.74) is 0.982. The lowest BCUT2D eigenvalue weighted by molar-refractivity contribution is -0.132. The molecule has 2 rings (SSSR count). The van der Waals surface area contributed by atoms with Crippen LogP contribution in [0.15, 0.2) is 35.7 Å². The van der Waals surface area contributed by atoms with E-state index in [-0.39, 0.29) is 18.1 Å². The Bertz CT molecular complexity index is 642. The molecule has 0 radical (unpaired) electrons. The van der Waals surface area contributed by atoms with Gasteiger partial charge >= 0.3 is 5.97 Å². The Hall–Kier alpha value is -2.25. The Morgan fingerprint density at radius 3 is 2.73 bits per heavy atom. The van der Waals surface area contributed by atoms with Gasteiger partial charge in [-0.1, -0.05) is 30.3 Å². The summed E-state index contributed by atoms with van der Waals surface area (Å²) in [6.07, 6.45) is -0.598. The third-order valence-corrected chi connectivity index (χ3v) is 3.75. The summed E-state index contributed by atoms with van der Waals surface area (Å²) in [4.78, 5) is 26.5. The number of carboxylic acid groups (broad SMARTS) is 1. The van der Waals surface area contributed by atoms with Gasteiger partial charge < -0.3 is 15.2 Å². The Kier molecular flexibility index (Phi) is 5.62. The number of carbonyl (C=O) groups excluding carboxylic acids is 1. The molecule has 22 heavy (non-hydrogen) atoms. The fourth-order valence-electron chi connectivity index (χ4n) is 1.67. The Morgan fingerprint density at radius 1 is 1.36 bits per heavy atom. The van der Waals surface area contributed by atoms with Crippen LogP contribution in [0.1, 0.15) is 28.0 Å². The smallest absolute Gasteiger partial charge is 0.355 e. The molecule has 0 saturated carbocycles. The van der Waals surface area contributed by atoms with Crippen LogP contribution in [0.4, 0.5) is 0 Å². The van der Waals surface area contributed by atoms with Crippen molar-refractivity contribution in [2.75, 3.05) is 0 Å². The van der Waals surface area contributed by atoms with Crippen LogP contribution < -0.4 is 5.32 Å². The zero-order valence-electron chi connectivity index (χ0n) is 12.0. The number of nitrogens with zero attached hydrogens (tertiary/aromatic N) is 1. The first-order valence-electron chi connectivity index (χ1n) is 6.67. The summed E-state index contributed by atoms with van der Waals surface area (Å²) in [5, 5.41) is 13.4. The van der Waals surface area contributed by atoms with E-state index in [2.05, 4.69) is 10.3 Å². The number of hydrogen-bond donors (Lipinski definition) is 2. The van der Waals surface area contributed by atoms with Crippen molar-refractivity contribution in [3.8, 4) is 0 Å². The van der Waals surface area contributed by atoms with Gasteiger partial charge in [-0.3, -0.25) is 4.79 Å². The van der Waals surface area contributed by atoms with Crippen LogP contribution in [0.2, 0.25) is 0 Å². The van der Waals surface area contributed by atoms with Crippen LogP contribution >= 0.6 is 11.3 Å². The number of aromatic carboxylic acids is 1. The average molecular weight is 320 g/mol. The van der Waals surface area contributed by atoms with E-state index in [9.17, 15) is 9.59 Å². The van der Waals surface area contributed by atoms with Gasteiger partial charge in [-0.25, -0.2) is 9.78 Å². The van der Waals surface area contributed by atoms with Crippen LogP contribution in [0.3, 0.4) is 0 Å². The maximum Gasteiger partial charge on any atom is 0.355 e. The minimum absolute atomic E-state index is 0.0115. The highest BCUT2D eigenvalue weighted by molar-refractivity contribution is 7.09. The molecular weight excluding hydrogens is 304 g/mol. The normalized spacial score (nSPS) is 11.9. The number of amides is 1. The number of aromatic nitrogens is 1. The van der Waals surface area contributed by atoms with E-state index >= 15 is 0 Å². The zero-order chi connectivity index (χ0) is 15.9. The molecule has 0 aliphatic heterocycles. The molecule has 0 bridgehead atoms. The first-order valence-corrected chi connectivity index (χ1v) is 7.55. The fraction of sp³-hybridized carbons (Fsp3) is 0.267. The highest BCUT2D eigenvalue weighted by Gasteiger charge is 2.14. The maximum absolute atomic E-state index is 11.9. The first kappa shape index (κ1) is 16.1. The SMILES string of the molecule is CC(OCc1ccccc1)C(=O)NCc1nc(C(=O)O)cs1. The van der Waals surface area contributed by atoms with Crippen LogP contribution in [0.5, 0.6) is 0 Å². The monoisotopic (exact) mass is 320 g/mol. The number of thiazole rings is 1. The van der Waals surface area contributed by atoms with E-state index in [1.807, 2.05) is 30.3 Å². The number of rotatable bonds is 7. The molecule has 1 aromatic carbocycles. The third kappa shape index (κ3) is 4.64. The lowest BCUT2D eigenvalue weighted by Crippen LogP contribution is -2.34. The summed E-state index contributed by atoms with van der Waals surface area (Å²) in [6, 6.07) is 9.58. The summed E-state index contributed by atoms with van der Waals surface area (Å²) >= 11 is 1.19. The second-order valence-corrected chi connectivity index (χ2v) is 5.53. The number of hydrogen-bond acceptors (Lipinski definition) is 5. The van der Waals surface area contributed by atoms with E-state index in [0.29, 0.717) is 11.6 Å². The fourth-order valence-corrected chi connectivity index (χ4v) is 2.38. The molecule has 1 heterocycles. The van der Waals surface area contributed by atoms with Crippen LogP contribution in [0.25, 0.3) is 0 Å². The van der Waals surface area contributed by atoms with E-state index in [1.165, 1.54) is 16.7 Å². The molecule has 1 aromatic heterocycles. The minimum Gasteiger partial charge on any atom is -0.476 e. The van der Waals surface area contributed by atoms with Crippen molar-refractivity contribution < 1.29 is 19.4 Å². The number of nitrogens with one attached hydrogen (secondary N) is 1. The minimum atomic E-state index is -1.08. The second kappa shape index (κ2) is 7.67. The molecule has 6 nitrogen and oxygen atoms in total. The van der Waals surface area contributed by atoms with E-state index in [4.69, 9.17) is 9.84 Å². The highest BCUT2D eigenvalue weighted by atomic mass is 32.1. The van der Waals surface area contributed by atoms with E-state index in [1.54, 1.807) is 6.92 Å². The summed E-state index contributed by atoms with van der Waals surface area (Å²) in [7, 11) is 0. The standard InChI is InChI=1S/C15H16N2O4S/c1-10(21-8-11-5-3-2-4-6-11)14(18)16-7-13-17-12(9-22-13)15(19)20/h2-6,9-10H,7-8H2,1H3,(H,16,18)(H,19,20). The Labute approximate surface area is 131 Å². The number of carbonyl (C=O) groups is 2. The van der Waals surface area contributed by atoms with E-state index < -0.39 is 12.1 Å². The van der Waals surface area contributed by atoms with Gasteiger partial charge in [0.15, 0.2) is 5.69 Å². The molecule has 1 atom stereocenters. The van der Waals surface area contributed by atoms with Gasteiger partial charge in [0.2, 0.25) is 5.91 Å². The summed E-state index contributed by atoms with van der Waals surface area (Å²) in [6.45, 7) is 2.22. The molecule has 1 unspecified atom stereocenters. The summed E-state index contributed by atoms with van der Waals surface area (Å²) in [5.74, 6) is -1.34. The molecule has 0 aliphatic rings. The van der Waals surface area contributed by atoms with Gasteiger partial charge in [0.25, 0.3) is 0 Å². The first-order chi connectivity index (χ1) is 10.6. The summed E-state index contributed by atoms with van der Waals surface area (Å²) < 4.78 is 5.50. The maximum atomic E-state index is 11.9. The molecule has 116 valence electrons.